The molecule has 0 aromatic heterocycles. The number of para-hydroxylation sites is 2. The molecular weight excluding hydrogens is 470 g/mol. The van der Waals surface area contributed by atoms with E-state index in [0.717, 1.165) is 6.42 Å². The first-order chi connectivity index (χ1) is 17.4. The summed E-state index contributed by atoms with van der Waals surface area (Å²) in [6, 6.07) is 15.9. The smallest absolute Gasteiger partial charge is 0.412 e. The summed E-state index contributed by atoms with van der Waals surface area (Å²) >= 11 is 0. The minimum Gasteiger partial charge on any atom is -0.446 e. The van der Waals surface area contributed by atoms with Gasteiger partial charge in [-0.1, -0.05) is 42.8 Å². The number of ether oxygens (including phenoxy) is 3. The van der Waals surface area contributed by atoms with E-state index in [-0.39, 0.29) is 11.8 Å². The molecule has 1 heterocycles. The van der Waals surface area contributed by atoms with E-state index in [2.05, 4.69) is 16.0 Å². The first-order valence-electron chi connectivity index (χ1n) is 11.7. The van der Waals surface area contributed by atoms with Crippen molar-refractivity contribution in [2.45, 2.75) is 49.9 Å². The number of anilines is 2. The van der Waals surface area contributed by atoms with Gasteiger partial charge in [0, 0.05) is 17.3 Å². The van der Waals surface area contributed by atoms with Gasteiger partial charge in [0.25, 0.3) is 0 Å². The predicted molar refractivity (Wildman–Crippen MR) is 128 cm³/mol. The minimum atomic E-state index is -1.63. The van der Waals surface area contributed by atoms with Gasteiger partial charge in [0.1, 0.15) is 24.9 Å². The van der Waals surface area contributed by atoms with Gasteiger partial charge < -0.3 is 29.7 Å². The van der Waals surface area contributed by atoms with Gasteiger partial charge in [0.15, 0.2) is 12.4 Å². The van der Waals surface area contributed by atoms with Gasteiger partial charge in [0.05, 0.1) is 0 Å². The molecule has 1 saturated carbocycles. The van der Waals surface area contributed by atoms with Gasteiger partial charge in [-0.15, -0.1) is 0 Å². The lowest BCUT2D eigenvalue weighted by Crippen LogP contribution is -2.66. The summed E-state index contributed by atoms with van der Waals surface area (Å²) in [5.74, 6) is -0.536. The van der Waals surface area contributed by atoms with Crippen LogP contribution in [-0.4, -0.2) is 65.6 Å². The molecule has 5 N–H and O–H groups in total. The maximum absolute atomic E-state index is 12.6. The standard InChI is InChI=1S/C25H29N3O8/c29-20-18(14-34-24(32)26-16-10-3-1-4-11-16)35-23(31)19(28-22(30)15-8-7-9-15)21(20)36-25(33)27-17-12-5-2-6-13-17/h1-6,10-13,15,18-21,23,29,31H,7-9,14H2,(H,26,32)(H,27,33)(H,28,30)/t18-,19-,20-,21-,23-/m1/s1. The van der Waals surface area contributed by atoms with Crippen LogP contribution in [0.1, 0.15) is 19.3 Å². The third-order valence-electron chi connectivity index (χ3n) is 6.14. The molecule has 1 aliphatic carbocycles. The van der Waals surface area contributed by atoms with Gasteiger partial charge >= 0.3 is 12.2 Å². The largest absolute Gasteiger partial charge is 0.446 e. The number of carbonyl (C=O) groups excluding carboxylic acids is 3. The van der Waals surface area contributed by atoms with E-state index < -0.39 is 49.4 Å². The van der Waals surface area contributed by atoms with Gasteiger partial charge in [-0.2, -0.15) is 0 Å². The van der Waals surface area contributed by atoms with E-state index in [1.807, 2.05) is 0 Å². The Bertz CT molecular complexity index is 1030. The van der Waals surface area contributed by atoms with Crippen LogP contribution < -0.4 is 16.0 Å². The topological polar surface area (TPSA) is 155 Å². The molecule has 0 radical (unpaired) electrons. The molecule has 0 spiro atoms. The van der Waals surface area contributed by atoms with Crippen molar-refractivity contribution >= 4 is 29.5 Å². The van der Waals surface area contributed by atoms with Crippen LogP contribution in [0.2, 0.25) is 0 Å². The Hall–Kier alpha value is -3.67. The second kappa shape index (κ2) is 11.8. The maximum atomic E-state index is 12.6. The molecule has 4 rings (SSSR count). The zero-order valence-corrected chi connectivity index (χ0v) is 19.4. The van der Waals surface area contributed by atoms with Crippen LogP contribution in [-0.2, 0) is 19.0 Å². The average Bonchev–Trinajstić information content (AvgIpc) is 2.82. The van der Waals surface area contributed by atoms with Crippen molar-refractivity contribution in [1.29, 1.82) is 0 Å². The van der Waals surface area contributed by atoms with E-state index in [0.29, 0.717) is 24.2 Å². The predicted octanol–water partition coefficient (Wildman–Crippen LogP) is 2.22. The lowest BCUT2D eigenvalue weighted by molar-refractivity contribution is -0.252. The Morgan fingerprint density at radius 3 is 2.03 bits per heavy atom. The Balaban J connectivity index is 1.41. The third-order valence-corrected chi connectivity index (χ3v) is 6.14. The molecule has 3 amide bonds. The van der Waals surface area contributed by atoms with E-state index in [1.165, 1.54) is 0 Å². The normalized spacial score (nSPS) is 25.7. The fourth-order valence-corrected chi connectivity index (χ4v) is 3.94. The minimum absolute atomic E-state index is 0.212. The van der Waals surface area contributed by atoms with Crippen LogP contribution in [0.15, 0.2) is 60.7 Å². The number of rotatable bonds is 7. The number of aliphatic hydroxyl groups excluding tert-OH is 2. The number of benzene rings is 2. The average molecular weight is 500 g/mol. The zero-order chi connectivity index (χ0) is 25.5. The molecule has 2 aromatic carbocycles. The van der Waals surface area contributed by atoms with Gasteiger partial charge in [-0.05, 0) is 37.1 Å². The molecule has 5 atom stereocenters. The van der Waals surface area contributed by atoms with Crippen molar-refractivity contribution in [2.24, 2.45) is 5.92 Å². The molecule has 192 valence electrons. The van der Waals surface area contributed by atoms with Crippen LogP contribution >= 0.6 is 0 Å². The Kier molecular flexibility index (Phi) is 8.36. The summed E-state index contributed by atoms with van der Waals surface area (Å²) in [5, 5.41) is 29.3. The second-order valence-corrected chi connectivity index (χ2v) is 8.67. The van der Waals surface area contributed by atoms with E-state index in [4.69, 9.17) is 14.2 Å². The Morgan fingerprint density at radius 2 is 1.47 bits per heavy atom. The summed E-state index contributed by atoms with van der Waals surface area (Å²) in [6.07, 6.45) is -5.11. The maximum Gasteiger partial charge on any atom is 0.412 e. The number of hydrogen-bond acceptors (Lipinski definition) is 8. The second-order valence-electron chi connectivity index (χ2n) is 8.67. The Labute approximate surface area is 207 Å². The van der Waals surface area contributed by atoms with E-state index in [9.17, 15) is 24.6 Å². The highest BCUT2D eigenvalue weighted by molar-refractivity contribution is 5.85. The number of hydrogen-bond donors (Lipinski definition) is 5. The van der Waals surface area contributed by atoms with Crippen LogP contribution in [0.5, 0.6) is 0 Å². The number of aliphatic hydroxyl groups is 2. The third kappa shape index (κ3) is 6.51. The zero-order valence-electron chi connectivity index (χ0n) is 19.4. The molecule has 0 unspecified atom stereocenters. The fraction of sp³-hybridized carbons (Fsp3) is 0.400. The van der Waals surface area contributed by atoms with Crippen molar-refractivity contribution < 1.29 is 38.8 Å². The van der Waals surface area contributed by atoms with Gasteiger partial charge in [-0.25, -0.2) is 9.59 Å². The van der Waals surface area contributed by atoms with Gasteiger partial charge in [0.2, 0.25) is 5.91 Å². The molecule has 2 aromatic rings. The number of nitrogens with one attached hydrogen (secondary N) is 3. The van der Waals surface area contributed by atoms with Crippen molar-refractivity contribution in [3.05, 3.63) is 60.7 Å². The molecule has 36 heavy (non-hydrogen) atoms. The highest BCUT2D eigenvalue weighted by Crippen LogP contribution is 2.29. The van der Waals surface area contributed by atoms with Crippen LogP contribution in [0.4, 0.5) is 21.0 Å². The lowest BCUT2D eigenvalue weighted by Gasteiger charge is -2.42. The summed E-state index contributed by atoms with van der Waals surface area (Å²) in [7, 11) is 0. The van der Waals surface area contributed by atoms with Crippen LogP contribution in [0.3, 0.4) is 0 Å². The molecule has 2 aliphatic rings. The quantitative estimate of drug-likeness (QED) is 0.388. The molecule has 1 saturated heterocycles. The lowest BCUT2D eigenvalue weighted by atomic mass is 9.84. The van der Waals surface area contributed by atoms with Crippen molar-refractivity contribution in [3.63, 3.8) is 0 Å². The van der Waals surface area contributed by atoms with E-state index >= 15 is 0 Å². The Morgan fingerprint density at radius 1 is 0.889 bits per heavy atom. The number of amides is 3. The molecule has 1 aliphatic heterocycles. The summed E-state index contributed by atoms with van der Waals surface area (Å²) in [5.41, 5.74) is 0.960. The molecule has 2 fully saturated rings. The fourth-order valence-electron chi connectivity index (χ4n) is 3.94. The molecule has 11 heteroatoms. The summed E-state index contributed by atoms with van der Waals surface area (Å²) in [4.78, 5) is 37.3. The molecule has 0 bridgehead atoms. The number of carbonyl (C=O) groups is 3. The van der Waals surface area contributed by atoms with Crippen LogP contribution in [0.25, 0.3) is 0 Å². The summed E-state index contributed by atoms with van der Waals surface area (Å²) < 4.78 is 16.0. The summed E-state index contributed by atoms with van der Waals surface area (Å²) in [6.45, 7) is -0.444. The van der Waals surface area contributed by atoms with Gasteiger partial charge in [-0.3, -0.25) is 15.4 Å². The SMILES string of the molecule is O=C(Nc1ccccc1)OC[C@H]1O[C@@H](O)[C@H](NC(=O)C2CCC2)[C@@H](OC(=O)Nc2ccccc2)[C@@H]1O. The van der Waals surface area contributed by atoms with Crippen molar-refractivity contribution in [3.8, 4) is 0 Å². The molecular formula is C25H29N3O8. The highest BCUT2D eigenvalue weighted by atomic mass is 16.7. The first kappa shape index (κ1) is 25.4. The first-order valence-corrected chi connectivity index (χ1v) is 11.7. The molecule has 11 nitrogen and oxygen atoms in total. The van der Waals surface area contributed by atoms with Crippen molar-refractivity contribution in [1.82, 2.24) is 5.32 Å². The highest BCUT2D eigenvalue weighted by Gasteiger charge is 2.49. The van der Waals surface area contributed by atoms with Crippen molar-refractivity contribution in [2.75, 3.05) is 17.2 Å². The monoisotopic (exact) mass is 499 g/mol. The van der Waals surface area contributed by atoms with E-state index in [1.54, 1.807) is 60.7 Å². The van der Waals surface area contributed by atoms with Crippen LogP contribution in [0, 0.1) is 5.92 Å².